The van der Waals surface area contributed by atoms with Gasteiger partial charge in [0.05, 0.1) is 17.6 Å². The third-order valence-corrected chi connectivity index (χ3v) is 5.96. The summed E-state index contributed by atoms with van der Waals surface area (Å²) in [6.45, 7) is 5.82. The van der Waals surface area contributed by atoms with Crippen LogP contribution in [0.25, 0.3) is 21.5 Å². The van der Waals surface area contributed by atoms with Gasteiger partial charge in [-0.3, -0.25) is 0 Å². The second-order valence-corrected chi connectivity index (χ2v) is 8.03. The number of aryl methyl sites for hydroxylation is 1. The molecular formula is C24H21N3O3S. The standard InChI is InChI=1S/C24H21N3O3S/c1-4-5-19-14(2)25-23(20-10-11-21(30-3)31-20)27-22(19)26-18-9-8-15-12-17(24(28)29)7-6-16(15)13-18/h4,6-13H,1,5H2,2-3H3,(H,28,29)(H,25,26,27). The second kappa shape index (κ2) is 8.57. The van der Waals surface area contributed by atoms with Crippen LogP contribution in [-0.2, 0) is 6.42 Å². The summed E-state index contributed by atoms with van der Waals surface area (Å²) in [7, 11) is 1.64. The highest BCUT2D eigenvalue weighted by molar-refractivity contribution is 7.17. The molecule has 0 unspecified atom stereocenters. The molecule has 0 radical (unpaired) electrons. The summed E-state index contributed by atoms with van der Waals surface area (Å²) >= 11 is 1.49. The molecule has 2 aromatic carbocycles. The smallest absolute Gasteiger partial charge is 0.335 e. The average Bonchev–Trinajstić information content (AvgIpc) is 3.25. The van der Waals surface area contributed by atoms with E-state index in [-0.39, 0.29) is 5.56 Å². The molecule has 7 heteroatoms. The van der Waals surface area contributed by atoms with E-state index >= 15 is 0 Å². The van der Waals surface area contributed by atoms with E-state index in [4.69, 9.17) is 9.72 Å². The van der Waals surface area contributed by atoms with Crippen molar-refractivity contribution in [3.63, 3.8) is 0 Å². The van der Waals surface area contributed by atoms with Crippen LogP contribution in [0.5, 0.6) is 5.06 Å². The number of thiophene rings is 1. The molecule has 0 saturated carbocycles. The zero-order chi connectivity index (χ0) is 22.0. The second-order valence-electron chi connectivity index (χ2n) is 6.98. The first-order valence-electron chi connectivity index (χ1n) is 9.65. The molecule has 0 aliphatic heterocycles. The largest absolute Gasteiger partial charge is 0.487 e. The topological polar surface area (TPSA) is 84.3 Å². The van der Waals surface area contributed by atoms with Crippen molar-refractivity contribution in [2.75, 3.05) is 12.4 Å². The highest BCUT2D eigenvalue weighted by Crippen LogP contribution is 2.33. The van der Waals surface area contributed by atoms with Crippen LogP contribution >= 0.6 is 11.3 Å². The number of aromatic carboxylic acids is 1. The van der Waals surface area contributed by atoms with E-state index in [0.29, 0.717) is 12.2 Å². The Bertz CT molecular complexity index is 1300. The van der Waals surface area contributed by atoms with Crippen molar-refractivity contribution in [2.45, 2.75) is 13.3 Å². The van der Waals surface area contributed by atoms with Gasteiger partial charge in [0.25, 0.3) is 0 Å². The minimum Gasteiger partial charge on any atom is -0.487 e. The molecule has 156 valence electrons. The molecule has 6 nitrogen and oxygen atoms in total. The molecule has 2 aromatic heterocycles. The first kappa shape index (κ1) is 20.6. The van der Waals surface area contributed by atoms with E-state index in [2.05, 4.69) is 16.9 Å². The van der Waals surface area contributed by atoms with Crippen molar-refractivity contribution >= 4 is 39.6 Å². The molecule has 0 spiro atoms. The summed E-state index contributed by atoms with van der Waals surface area (Å²) < 4.78 is 5.30. The molecule has 0 bridgehead atoms. The van der Waals surface area contributed by atoms with Gasteiger partial charge in [0.2, 0.25) is 0 Å². The first-order chi connectivity index (χ1) is 15.0. The number of hydrogen-bond donors (Lipinski definition) is 2. The molecule has 0 atom stereocenters. The lowest BCUT2D eigenvalue weighted by molar-refractivity contribution is 0.0697. The lowest BCUT2D eigenvalue weighted by Gasteiger charge is -2.14. The van der Waals surface area contributed by atoms with Gasteiger partial charge in [-0.25, -0.2) is 14.8 Å². The third kappa shape index (κ3) is 4.27. The summed E-state index contributed by atoms with van der Waals surface area (Å²) in [5, 5.41) is 15.2. The van der Waals surface area contributed by atoms with Gasteiger partial charge in [-0.1, -0.05) is 29.5 Å². The predicted octanol–water partition coefficient (Wildman–Crippen LogP) is 5.85. The van der Waals surface area contributed by atoms with Gasteiger partial charge >= 0.3 is 5.97 Å². The molecule has 0 saturated heterocycles. The van der Waals surface area contributed by atoms with Gasteiger partial charge in [0.1, 0.15) is 5.82 Å². The molecule has 0 aliphatic rings. The maximum atomic E-state index is 11.2. The van der Waals surface area contributed by atoms with Crippen LogP contribution in [0.2, 0.25) is 0 Å². The molecule has 0 fully saturated rings. The molecule has 0 amide bonds. The molecule has 0 aliphatic carbocycles. The Hall–Kier alpha value is -3.71. The fourth-order valence-corrected chi connectivity index (χ4v) is 4.10. The Labute approximate surface area is 183 Å². The van der Waals surface area contributed by atoms with Crippen LogP contribution in [0.1, 0.15) is 21.6 Å². The number of benzene rings is 2. The highest BCUT2D eigenvalue weighted by Gasteiger charge is 2.14. The Morgan fingerprint density at radius 3 is 2.65 bits per heavy atom. The number of fused-ring (bicyclic) bond motifs is 1. The SMILES string of the molecule is C=CCc1c(C)nc(-c2ccc(OC)s2)nc1Nc1ccc2cc(C(=O)O)ccc2c1. The summed E-state index contributed by atoms with van der Waals surface area (Å²) in [4.78, 5) is 21.6. The normalized spacial score (nSPS) is 10.8. The number of hydrogen-bond acceptors (Lipinski definition) is 6. The lowest BCUT2D eigenvalue weighted by atomic mass is 10.1. The highest BCUT2D eigenvalue weighted by atomic mass is 32.1. The molecule has 4 rings (SSSR count). The van der Waals surface area contributed by atoms with Crippen LogP contribution in [0.3, 0.4) is 0 Å². The minimum absolute atomic E-state index is 0.268. The van der Waals surface area contributed by atoms with Gasteiger partial charge in [0, 0.05) is 16.9 Å². The minimum atomic E-state index is -0.938. The quantitative estimate of drug-likeness (QED) is 0.357. The molecule has 2 heterocycles. The summed E-state index contributed by atoms with van der Waals surface area (Å²) in [6, 6.07) is 14.7. The average molecular weight is 432 g/mol. The monoisotopic (exact) mass is 431 g/mol. The van der Waals surface area contributed by atoms with E-state index in [0.717, 1.165) is 43.5 Å². The van der Waals surface area contributed by atoms with Crippen LogP contribution in [0.4, 0.5) is 11.5 Å². The summed E-state index contributed by atoms with van der Waals surface area (Å²) in [6.07, 6.45) is 2.47. The van der Waals surface area contributed by atoms with E-state index < -0.39 is 5.97 Å². The number of rotatable bonds is 7. The number of methoxy groups -OCH3 is 1. The van der Waals surface area contributed by atoms with E-state index in [9.17, 15) is 9.90 Å². The number of carbonyl (C=O) groups is 1. The van der Waals surface area contributed by atoms with Gasteiger partial charge in [-0.2, -0.15) is 0 Å². The number of carboxylic acid groups (broad SMARTS) is 1. The van der Waals surface area contributed by atoms with Gasteiger partial charge in [-0.15, -0.1) is 6.58 Å². The number of aromatic nitrogens is 2. The maximum absolute atomic E-state index is 11.2. The van der Waals surface area contributed by atoms with E-state index in [1.54, 1.807) is 19.2 Å². The van der Waals surface area contributed by atoms with Crippen LogP contribution in [0.15, 0.2) is 61.2 Å². The van der Waals surface area contributed by atoms with Crippen molar-refractivity contribution in [1.29, 1.82) is 0 Å². The number of ether oxygens (including phenoxy) is 1. The molecule has 2 N–H and O–H groups in total. The summed E-state index contributed by atoms with van der Waals surface area (Å²) in [5.74, 6) is 0.414. The van der Waals surface area contributed by atoms with Crippen LogP contribution in [0, 0.1) is 6.92 Å². The predicted molar refractivity (Wildman–Crippen MR) is 125 cm³/mol. The van der Waals surface area contributed by atoms with Crippen molar-refractivity contribution in [3.05, 3.63) is 78.0 Å². The molecular weight excluding hydrogens is 410 g/mol. The zero-order valence-corrected chi connectivity index (χ0v) is 18.0. The third-order valence-electron chi connectivity index (χ3n) is 4.92. The zero-order valence-electron chi connectivity index (χ0n) is 17.2. The van der Waals surface area contributed by atoms with E-state index in [1.165, 1.54) is 11.3 Å². The van der Waals surface area contributed by atoms with Gasteiger partial charge in [-0.05, 0) is 60.5 Å². The van der Waals surface area contributed by atoms with Gasteiger partial charge in [0.15, 0.2) is 10.9 Å². The summed E-state index contributed by atoms with van der Waals surface area (Å²) in [5.41, 5.74) is 2.98. The van der Waals surface area contributed by atoms with Gasteiger partial charge < -0.3 is 15.2 Å². The number of nitrogens with zero attached hydrogens (tertiary/aromatic N) is 2. The number of nitrogens with one attached hydrogen (secondary N) is 1. The molecule has 4 aromatic rings. The fourth-order valence-electron chi connectivity index (χ4n) is 3.34. The molecule has 31 heavy (non-hydrogen) atoms. The van der Waals surface area contributed by atoms with Crippen molar-refractivity contribution in [2.24, 2.45) is 0 Å². The first-order valence-corrected chi connectivity index (χ1v) is 10.5. The number of allylic oxidation sites excluding steroid dienone is 1. The maximum Gasteiger partial charge on any atom is 0.335 e. The van der Waals surface area contributed by atoms with Crippen LogP contribution < -0.4 is 10.1 Å². The van der Waals surface area contributed by atoms with Crippen LogP contribution in [-0.4, -0.2) is 28.2 Å². The van der Waals surface area contributed by atoms with Crippen molar-refractivity contribution in [1.82, 2.24) is 9.97 Å². The number of carboxylic acids is 1. The van der Waals surface area contributed by atoms with Crippen molar-refractivity contribution < 1.29 is 14.6 Å². The lowest BCUT2D eigenvalue weighted by Crippen LogP contribution is -2.05. The Balaban J connectivity index is 1.74. The Morgan fingerprint density at radius 2 is 1.94 bits per heavy atom. The van der Waals surface area contributed by atoms with E-state index in [1.807, 2.05) is 49.4 Å². The Morgan fingerprint density at radius 1 is 1.16 bits per heavy atom. The fraction of sp³-hybridized carbons (Fsp3) is 0.125. The van der Waals surface area contributed by atoms with Crippen molar-refractivity contribution in [3.8, 4) is 15.8 Å². The Kier molecular flexibility index (Phi) is 5.68. The number of anilines is 2.